The van der Waals surface area contributed by atoms with Crippen LogP contribution in [0.4, 0.5) is 0 Å². The third kappa shape index (κ3) is 7.34. The molecule has 0 aliphatic heterocycles. The zero-order valence-electron chi connectivity index (χ0n) is 19.4. The smallest absolute Gasteiger partial charge is 0.426 e. The number of benzene rings is 2. The van der Waals surface area contributed by atoms with Gasteiger partial charge < -0.3 is 20.1 Å². The maximum atomic E-state index is 13.2. The molecular formula is C24H27BN4O6S. The van der Waals surface area contributed by atoms with E-state index < -0.39 is 35.0 Å². The molecule has 0 spiro atoms. The third-order valence-electron chi connectivity index (χ3n) is 5.75. The number of rotatable bonds is 12. The van der Waals surface area contributed by atoms with Crippen LogP contribution in [-0.2, 0) is 21.2 Å². The molecule has 2 aromatic carbocycles. The number of carbonyl (C=O) groups excluding carboxylic acids is 1. The number of nitrogens with one attached hydrogen (secondary N) is 2. The van der Waals surface area contributed by atoms with E-state index in [-0.39, 0.29) is 17.3 Å². The number of aromatic nitrogens is 2. The Morgan fingerprint density at radius 2 is 1.69 bits per heavy atom. The summed E-state index contributed by atoms with van der Waals surface area (Å²) in [5.74, 6) is -0.853. The fraction of sp³-hybridized carbons (Fsp3) is 0.292. The molecule has 1 saturated carbocycles. The summed E-state index contributed by atoms with van der Waals surface area (Å²) in [5.41, 5.74) is 0.746. The lowest BCUT2D eigenvalue weighted by atomic mass is 9.76. The average Bonchev–Trinajstić information content (AvgIpc) is 3.69. The number of amides is 1. The van der Waals surface area contributed by atoms with E-state index in [9.17, 15) is 23.3 Å². The van der Waals surface area contributed by atoms with E-state index >= 15 is 0 Å². The lowest BCUT2D eigenvalue weighted by Crippen LogP contribution is -2.54. The molecule has 12 heteroatoms. The molecule has 0 saturated heterocycles. The Labute approximate surface area is 210 Å². The van der Waals surface area contributed by atoms with E-state index in [0.29, 0.717) is 18.1 Å². The molecule has 1 aliphatic carbocycles. The van der Waals surface area contributed by atoms with Crippen molar-refractivity contribution in [2.75, 3.05) is 0 Å². The molecule has 0 radical (unpaired) electrons. The molecule has 4 N–H and O–H groups in total. The Bertz CT molecular complexity index is 1240. The minimum atomic E-state index is -4.10. The summed E-state index contributed by atoms with van der Waals surface area (Å²) in [5, 5.41) is 22.1. The van der Waals surface area contributed by atoms with Gasteiger partial charge in [-0.2, -0.15) is 4.72 Å². The molecule has 1 aromatic heterocycles. The van der Waals surface area contributed by atoms with Gasteiger partial charge in [-0.3, -0.25) is 4.79 Å². The van der Waals surface area contributed by atoms with Crippen LogP contribution in [0.5, 0.6) is 11.8 Å². The van der Waals surface area contributed by atoms with Crippen molar-refractivity contribution in [3.63, 3.8) is 0 Å². The normalized spacial score (nSPS) is 15.1. The lowest BCUT2D eigenvalue weighted by molar-refractivity contribution is -0.123. The van der Waals surface area contributed by atoms with Crippen molar-refractivity contribution in [2.45, 2.75) is 42.6 Å². The first-order chi connectivity index (χ1) is 17.3. The van der Waals surface area contributed by atoms with Gasteiger partial charge in [-0.25, -0.2) is 18.4 Å². The van der Waals surface area contributed by atoms with Gasteiger partial charge in [0, 0.05) is 12.4 Å². The monoisotopic (exact) mass is 510 g/mol. The van der Waals surface area contributed by atoms with E-state index in [1.165, 1.54) is 36.7 Å². The van der Waals surface area contributed by atoms with Gasteiger partial charge >= 0.3 is 13.1 Å². The highest BCUT2D eigenvalue weighted by atomic mass is 32.2. The van der Waals surface area contributed by atoms with E-state index in [0.717, 1.165) is 18.4 Å². The maximum Gasteiger partial charge on any atom is 0.475 e. The highest BCUT2D eigenvalue weighted by Gasteiger charge is 2.35. The predicted octanol–water partition coefficient (Wildman–Crippen LogP) is 1.46. The van der Waals surface area contributed by atoms with Crippen LogP contribution in [0.1, 0.15) is 24.8 Å². The van der Waals surface area contributed by atoms with E-state index in [4.69, 9.17) is 4.74 Å². The summed E-state index contributed by atoms with van der Waals surface area (Å²) in [6.45, 7) is 0. The van der Waals surface area contributed by atoms with Crippen LogP contribution in [-0.4, -0.2) is 53.4 Å². The van der Waals surface area contributed by atoms with Crippen molar-refractivity contribution in [3.8, 4) is 11.8 Å². The first-order valence-corrected chi connectivity index (χ1v) is 13.1. The van der Waals surface area contributed by atoms with Crippen molar-refractivity contribution in [1.29, 1.82) is 0 Å². The maximum absolute atomic E-state index is 13.2. The molecule has 36 heavy (non-hydrogen) atoms. The number of hydrogen-bond acceptors (Lipinski definition) is 8. The second-order valence-corrected chi connectivity index (χ2v) is 10.4. The summed E-state index contributed by atoms with van der Waals surface area (Å²) < 4.78 is 34.3. The second-order valence-electron chi connectivity index (χ2n) is 8.68. The molecule has 4 rings (SSSR count). The minimum absolute atomic E-state index is 0.0635. The van der Waals surface area contributed by atoms with Gasteiger partial charge in [0.05, 0.1) is 10.8 Å². The van der Waals surface area contributed by atoms with Crippen LogP contribution < -0.4 is 14.8 Å². The number of carbonyl (C=O) groups is 1. The first kappa shape index (κ1) is 25.8. The van der Waals surface area contributed by atoms with Crippen LogP contribution in [0.25, 0.3) is 0 Å². The largest absolute Gasteiger partial charge is 0.475 e. The highest BCUT2D eigenvalue weighted by Crippen LogP contribution is 2.33. The minimum Gasteiger partial charge on any atom is -0.426 e. The standard InChI is InChI=1S/C24H27BN4O6S/c30-23(28-22(25(31)32)16-18-7-8-18)21(15-17-5-2-1-3-6-17)29-36(33,34)20-11-9-19(10-12-20)35-24-26-13-4-14-27-24/h1-6,9-14,18,21-22,29,31-32H,7-8,15-16H2,(H,28,30)/t21-,22-/m0/s1. The van der Waals surface area contributed by atoms with Crippen molar-refractivity contribution in [2.24, 2.45) is 5.92 Å². The fourth-order valence-corrected chi connectivity index (χ4v) is 4.87. The molecule has 0 unspecified atom stereocenters. The predicted molar refractivity (Wildman–Crippen MR) is 132 cm³/mol. The summed E-state index contributed by atoms with van der Waals surface area (Å²) in [4.78, 5) is 21.0. The molecule has 3 aromatic rings. The van der Waals surface area contributed by atoms with Gasteiger partial charge in [0.15, 0.2) is 0 Å². The zero-order chi connectivity index (χ0) is 25.5. The van der Waals surface area contributed by atoms with Crippen molar-refractivity contribution < 1.29 is 28.0 Å². The van der Waals surface area contributed by atoms with E-state index in [1.54, 1.807) is 30.3 Å². The summed E-state index contributed by atoms with van der Waals surface area (Å²) in [6.07, 6.45) is 5.48. The molecule has 1 amide bonds. The Kier molecular flexibility index (Phi) is 8.31. The Morgan fingerprint density at radius 1 is 1.03 bits per heavy atom. The topological polar surface area (TPSA) is 151 Å². The molecule has 1 heterocycles. The molecular weight excluding hydrogens is 483 g/mol. The number of sulfonamides is 1. The number of hydrogen-bond donors (Lipinski definition) is 4. The van der Waals surface area contributed by atoms with Gasteiger partial charge in [-0.05, 0) is 54.7 Å². The van der Waals surface area contributed by atoms with Crippen molar-refractivity contribution >= 4 is 23.0 Å². The summed E-state index contributed by atoms with van der Waals surface area (Å²) in [6, 6.07) is 15.2. The van der Waals surface area contributed by atoms with Crippen molar-refractivity contribution in [1.82, 2.24) is 20.0 Å². The quantitative estimate of drug-likeness (QED) is 0.268. The molecule has 2 atom stereocenters. The van der Waals surface area contributed by atoms with E-state index in [1.807, 2.05) is 6.07 Å². The Hall–Kier alpha value is -3.32. The molecule has 10 nitrogen and oxygen atoms in total. The first-order valence-electron chi connectivity index (χ1n) is 11.6. The van der Waals surface area contributed by atoms with Gasteiger partial charge in [0.25, 0.3) is 0 Å². The number of ether oxygens (including phenoxy) is 1. The van der Waals surface area contributed by atoms with Crippen molar-refractivity contribution in [3.05, 3.63) is 78.6 Å². The number of nitrogens with zero attached hydrogens (tertiary/aromatic N) is 2. The van der Waals surface area contributed by atoms with Gasteiger partial charge in [0.1, 0.15) is 11.8 Å². The van der Waals surface area contributed by atoms with Gasteiger partial charge in [0.2, 0.25) is 15.9 Å². The van der Waals surface area contributed by atoms with Crippen LogP contribution in [0.15, 0.2) is 78.0 Å². The lowest BCUT2D eigenvalue weighted by Gasteiger charge is -2.23. The SMILES string of the molecule is O=C(N[C@@H](CC1CC1)B(O)O)[C@H](Cc1ccccc1)NS(=O)(=O)c1ccc(Oc2ncccn2)cc1. The van der Waals surface area contributed by atoms with Crippen LogP contribution >= 0.6 is 0 Å². The summed E-state index contributed by atoms with van der Waals surface area (Å²) >= 11 is 0. The molecule has 0 bridgehead atoms. The summed E-state index contributed by atoms with van der Waals surface area (Å²) in [7, 11) is -5.85. The fourth-order valence-electron chi connectivity index (χ4n) is 3.67. The van der Waals surface area contributed by atoms with Gasteiger partial charge in [-0.1, -0.05) is 43.2 Å². The van der Waals surface area contributed by atoms with E-state index in [2.05, 4.69) is 20.0 Å². The Balaban J connectivity index is 1.50. The van der Waals surface area contributed by atoms with Gasteiger partial charge in [-0.15, -0.1) is 0 Å². The third-order valence-corrected chi connectivity index (χ3v) is 7.24. The second kappa shape index (κ2) is 11.6. The highest BCUT2D eigenvalue weighted by molar-refractivity contribution is 7.89. The molecule has 188 valence electrons. The zero-order valence-corrected chi connectivity index (χ0v) is 20.2. The molecule has 1 aliphatic rings. The Morgan fingerprint density at radius 3 is 2.31 bits per heavy atom. The van der Waals surface area contributed by atoms with Crippen LogP contribution in [0.3, 0.4) is 0 Å². The molecule has 1 fully saturated rings. The van der Waals surface area contributed by atoms with Crippen LogP contribution in [0, 0.1) is 5.92 Å². The van der Waals surface area contributed by atoms with Crippen LogP contribution in [0.2, 0.25) is 0 Å². The average molecular weight is 510 g/mol.